The van der Waals surface area contributed by atoms with E-state index in [1.165, 1.54) is 0 Å². The Morgan fingerprint density at radius 3 is 2.80 bits per heavy atom. The summed E-state index contributed by atoms with van der Waals surface area (Å²) in [5.74, 6) is 0.871. The number of nitrogens with zero attached hydrogens (tertiary/aromatic N) is 1. The molecule has 110 valence electrons. The summed E-state index contributed by atoms with van der Waals surface area (Å²) in [4.78, 5) is 13.9. The Labute approximate surface area is 119 Å². The molecule has 1 aliphatic heterocycles. The lowest BCUT2D eigenvalue weighted by Gasteiger charge is -2.27. The maximum Gasteiger partial charge on any atom is 0.253 e. The van der Waals surface area contributed by atoms with Crippen molar-refractivity contribution in [3.8, 4) is 5.75 Å². The van der Waals surface area contributed by atoms with Gasteiger partial charge >= 0.3 is 0 Å². The van der Waals surface area contributed by atoms with E-state index in [2.05, 4.69) is 5.32 Å². The molecule has 1 saturated heterocycles. The van der Waals surface area contributed by atoms with Crippen molar-refractivity contribution >= 4 is 5.91 Å². The molecule has 1 atom stereocenters. The van der Waals surface area contributed by atoms with Crippen molar-refractivity contribution in [1.29, 1.82) is 0 Å². The molecule has 1 N–H and O–H groups in total. The molecule has 0 spiro atoms. The summed E-state index contributed by atoms with van der Waals surface area (Å²) in [5, 5.41) is 3.17. The van der Waals surface area contributed by atoms with E-state index in [9.17, 15) is 4.79 Å². The third-order valence-corrected chi connectivity index (χ3v) is 3.23. The number of amides is 1. The number of morpholine rings is 1. The standard InChI is InChI=1S/C15H22N2O3/c1-3-19-13-6-4-12(5-7-13)11-17(2)15(18)14-10-16-8-9-20-14/h4-7,14,16H,3,8-11H2,1-2H3. The van der Waals surface area contributed by atoms with Crippen LogP contribution in [0.1, 0.15) is 12.5 Å². The van der Waals surface area contributed by atoms with Gasteiger partial charge in [-0.3, -0.25) is 4.79 Å². The Bertz CT molecular complexity index is 427. The summed E-state index contributed by atoms with van der Waals surface area (Å²) in [5.41, 5.74) is 1.08. The average Bonchev–Trinajstić information content (AvgIpc) is 2.49. The smallest absolute Gasteiger partial charge is 0.253 e. The largest absolute Gasteiger partial charge is 0.494 e. The van der Waals surface area contributed by atoms with Crippen molar-refractivity contribution in [1.82, 2.24) is 10.2 Å². The molecule has 5 nitrogen and oxygen atoms in total. The Morgan fingerprint density at radius 1 is 1.45 bits per heavy atom. The van der Waals surface area contributed by atoms with Crippen molar-refractivity contribution in [2.45, 2.75) is 19.6 Å². The minimum Gasteiger partial charge on any atom is -0.494 e. The number of carbonyl (C=O) groups excluding carboxylic acids is 1. The SMILES string of the molecule is CCOc1ccc(CN(C)C(=O)C2CNCCO2)cc1. The quantitative estimate of drug-likeness (QED) is 0.874. The molecule has 2 rings (SSSR count). The van der Waals surface area contributed by atoms with Crippen molar-refractivity contribution in [2.24, 2.45) is 0 Å². The van der Waals surface area contributed by atoms with E-state index in [4.69, 9.17) is 9.47 Å². The topological polar surface area (TPSA) is 50.8 Å². The second-order valence-corrected chi connectivity index (χ2v) is 4.83. The third kappa shape index (κ3) is 3.95. The van der Waals surface area contributed by atoms with Crippen LogP contribution in [-0.4, -0.2) is 50.3 Å². The van der Waals surface area contributed by atoms with Crippen LogP contribution in [0, 0.1) is 0 Å². The molecule has 1 heterocycles. The van der Waals surface area contributed by atoms with Gasteiger partial charge < -0.3 is 19.7 Å². The lowest BCUT2D eigenvalue weighted by atomic mass is 10.2. The Balaban J connectivity index is 1.89. The predicted molar refractivity (Wildman–Crippen MR) is 76.7 cm³/mol. The molecule has 1 aliphatic rings. The van der Waals surface area contributed by atoms with Gasteiger partial charge in [0.15, 0.2) is 0 Å². The van der Waals surface area contributed by atoms with Crippen LogP contribution in [-0.2, 0) is 16.1 Å². The number of ether oxygens (including phenoxy) is 2. The molecule has 5 heteroatoms. The van der Waals surface area contributed by atoms with E-state index >= 15 is 0 Å². The van der Waals surface area contributed by atoms with E-state index < -0.39 is 0 Å². The molecule has 0 radical (unpaired) electrons. The van der Waals surface area contributed by atoms with Gasteiger partial charge in [-0.2, -0.15) is 0 Å². The van der Waals surface area contributed by atoms with Crippen LogP contribution in [0.25, 0.3) is 0 Å². The molecule has 1 aromatic carbocycles. The summed E-state index contributed by atoms with van der Waals surface area (Å²) in [6, 6.07) is 7.81. The Morgan fingerprint density at radius 2 is 2.20 bits per heavy atom. The van der Waals surface area contributed by atoms with Crippen molar-refractivity contribution in [3.05, 3.63) is 29.8 Å². The molecule has 1 fully saturated rings. The highest BCUT2D eigenvalue weighted by Crippen LogP contribution is 2.14. The summed E-state index contributed by atoms with van der Waals surface area (Å²) < 4.78 is 10.9. The molecule has 1 unspecified atom stereocenters. The fraction of sp³-hybridized carbons (Fsp3) is 0.533. The summed E-state index contributed by atoms with van der Waals surface area (Å²) in [7, 11) is 1.80. The van der Waals surface area contributed by atoms with Gasteiger partial charge in [0.25, 0.3) is 5.91 Å². The number of benzene rings is 1. The first kappa shape index (κ1) is 14.8. The lowest BCUT2D eigenvalue weighted by Crippen LogP contribution is -2.48. The van der Waals surface area contributed by atoms with Gasteiger partial charge in [-0.15, -0.1) is 0 Å². The van der Waals surface area contributed by atoms with E-state index in [1.807, 2.05) is 31.2 Å². The minimum absolute atomic E-state index is 0.0195. The monoisotopic (exact) mass is 278 g/mol. The van der Waals surface area contributed by atoms with Crippen LogP contribution in [0.5, 0.6) is 5.75 Å². The normalized spacial score (nSPS) is 18.6. The van der Waals surface area contributed by atoms with Gasteiger partial charge in [0.05, 0.1) is 13.2 Å². The number of rotatable bonds is 5. The molecular weight excluding hydrogens is 256 g/mol. The second-order valence-electron chi connectivity index (χ2n) is 4.83. The highest BCUT2D eigenvalue weighted by Gasteiger charge is 2.24. The first-order chi connectivity index (χ1) is 9.70. The van der Waals surface area contributed by atoms with E-state index in [1.54, 1.807) is 11.9 Å². The predicted octanol–water partition coefficient (Wildman–Crippen LogP) is 1.03. The average molecular weight is 278 g/mol. The fourth-order valence-electron chi connectivity index (χ4n) is 2.18. The van der Waals surface area contributed by atoms with Crippen molar-refractivity contribution in [2.75, 3.05) is 33.4 Å². The van der Waals surface area contributed by atoms with Crippen LogP contribution >= 0.6 is 0 Å². The molecule has 0 aromatic heterocycles. The maximum absolute atomic E-state index is 12.2. The molecular formula is C15H22N2O3. The summed E-state index contributed by atoms with van der Waals surface area (Å²) >= 11 is 0. The van der Waals surface area contributed by atoms with Gasteiger partial charge in [-0.25, -0.2) is 0 Å². The number of nitrogens with one attached hydrogen (secondary N) is 1. The highest BCUT2D eigenvalue weighted by atomic mass is 16.5. The summed E-state index contributed by atoms with van der Waals surface area (Å²) in [6.07, 6.45) is -0.364. The minimum atomic E-state index is -0.364. The van der Waals surface area contributed by atoms with Gasteiger partial charge in [0.1, 0.15) is 11.9 Å². The van der Waals surface area contributed by atoms with Crippen LogP contribution in [0.4, 0.5) is 0 Å². The fourth-order valence-corrected chi connectivity index (χ4v) is 2.18. The molecule has 20 heavy (non-hydrogen) atoms. The number of likely N-dealkylation sites (N-methyl/N-ethyl adjacent to an activating group) is 1. The first-order valence-corrected chi connectivity index (χ1v) is 6.99. The van der Waals surface area contributed by atoms with E-state index in [0.29, 0.717) is 26.3 Å². The zero-order valence-electron chi connectivity index (χ0n) is 12.1. The number of hydrogen-bond acceptors (Lipinski definition) is 4. The van der Waals surface area contributed by atoms with E-state index in [0.717, 1.165) is 17.9 Å². The van der Waals surface area contributed by atoms with Gasteiger partial charge in [-0.1, -0.05) is 12.1 Å². The van der Waals surface area contributed by atoms with Gasteiger partial charge in [-0.05, 0) is 24.6 Å². The summed E-state index contributed by atoms with van der Waals surface area (Å²) in [6.45, 7) is 5.18. The van der Waals surface area contributed by atoms with Crippen molar-refractivity contribution < 1.29 is 14.3 Å². The van der Waals surface area contributed by atoms with Crippen LogP contribution in [0.2, 0.25) is 0 Å². The van der Waals surface area contributed by atoms with Crippen molar-refractivity contribution in [3.63, 3.8) is 0 Å². The second kappa shape index (κ2) is 7.26. The van der Waals surface area contributed by atoms with Gasteiger partial charge in [0.2, 0.25) is 0 Å². The molecule has 0 aliphatic carbocycles. The molecule has 1 aromatic rings. The van der Waals surface area contributed by atoms with Crippen LogP contribution < -0.4 is 10.1 Å². The van der Waals surface area contributed by atoms with Gasteiger partial charge in [0, 0.05) is 26.7 Å². The Hall–Kier alpha value is -1.59. The Kier molecular flexibility index (Phi) is 5.38. The zero-order chi connectivity index (χ0) is 14.4. The lowest BCUT2D eigenvalue weighted by molar-refractivity contribution is -0.144. The molecule has 0 saturated carbocycles. The van der Waals surface area contributed by atoms with Crippen LogP contribution in [0.3, 0.4) is 0 Å². The molecule has 0 bridgehead atoms. The first-order valence-electron chi connectivity index (χ1n) is 6.99. The van der Waals surface area contributed by atoms with Crippen LogP contribution in [0.15, 0.2) is 24.3 Å². The zero-order valence-corrected chi connectivity index (χ0v) is 12.1. The van der Waals surface area contributed by atoms with E-state index in [-0.39, 0.29) is 12.0 Å². The third-order valence-electron chi connectivity index (χ3n) is 3.23. The number of hydrogen-bond donors (Lipinski definition) is 1. The molecule has 1 amide bonds. The number of carbonyl (C=O) groups is 1. The highest BCUT2D eigenvalue weighted by molar-refractivity contribution is 5.81. The maximum atomic E-state index is 12.2.